The van der Waals surface area contributed by atoms with Gasteiger partial charge in [0.25, 0.3) is 5.91 Å². The predicted molar refractivity (Wildman–Crippen MR) is 129 cm³/mol. The van der Waals surface area contributed by atoms with Crippen LogP contribution in [0.15, 0.2) is 91.0 Å². The molecule has 0 saturated carbocycles. The highest BCUT2D eigenvalue weighted by molar-refractivity contribution is 6.02. The molecule has 0 fully saturated rings. The second kappa shape index (κ2) is 8.75. The molecule has 160 valence electrons. The van der Waals surface area contributed by atoms with Crippen LogP contribution in [0, 0.1) is 0 Å². The molecule has 1 aliphatic heterocycles. The van der Waals surface area contributed by atoms with Gasteiger partial charge in [0.15, 0.2) is 0 Å². The van der Waals surface area contributed by atoms with Gasteiger partial charge in [-0.2, -0.15) is 0 Å². The average Bonchev–Trinajstić information content (AvgIpc) is 2.84. The lowest BCUT2D eigenvalue weighted by molar-refractivity contribution is 0.0694. The first-order valence-corrected chi connectivity index (χ1v) is 11.1. The SMILES string of the molecule is CCN1C(=O)c2ccccc2NC1c1c(OCCc2ccccc2)ccc2ccccc12. The fourth-order valence-electron chi connectivity index (χ4n) is 4.45. The Balaban J connectivity index is 1.55. The first kappa shape index (κ1) is 20.1. The summed E-state index contributed by atoms with van der Waals surface area (Å²) in [6, 6.07) is 30.4. The van der Waals surface area contributed by atoms with Crippen LogP contribution in [-0.4, -0.2) is 24.0 Å². The van der Waals surface area contributed by atoms with Gasteiger partial charge in [-0.25, -0.2) is 0 Å². The van der Waals surface area contributed by atoms with Crippen LogP contribution in [0.4, 0.5) is 5.69 Å². The van der Waals surface area contributed by atoms with Gasteiger partial charge in [0.05, 0.1) is 12.2 Å². The van der Waals surface area contributed by atoms with Crippen LogP contribution in [0.25, 0.3) is 10.8 Å². The van der Waals surface area contributed by atoms with Crippen molar-refractivity contribution in [1.29, 1.82) is 0 Å². The summed E-state index contributed by atoms with van der Waals surface area (Å²) in [5.41, 5.74) is 3.80. The van der Waals surface area contributed by atoms with Gasteiger partial charge in [0.2, 0.25) is 0 Å². The third-order valence-electron chi connectivity index (χ3n) is 6.06. The molecule has 0 saturated heterocycles. The van der Waals surface area contributed by atoms with Gasteiger partial charge >= 0.3 is 0 Å². The Morgan fingerprint density at radius 2 is 1.62 bits per heavy atom. The molecule has 1 aliphatic rings. The van der Waals surface area contributed by atoms with Crippen molar-refractivity contribution in [3.8, 4) is 5.75 Å². The lowest BCUT2D eigenvalue weighted by Gasteiger charge is -2.38. The van der Waals surface area contributed by atoms with Gasteiger partial charge in [-0.1, -0.05) is 72.8 Å². The number of ether oxygens (including phenoxy) is 1. The molecule has 4 aromatic carbocycles. The van der Waals surface area contributed by atoms with Crippen LogP contribution in [0.3, 0.4) is 0 Å². The minimum atomic E-state index is -0.305. The molecule has 4 heteroatoms. The van der Waals surface area contributed by atoms with E-state index >= 15 is 0 Å². The Bertz CT molecular complexity index is 1250. The number of carbonyl (C=O) groups is 1. The minimum absolute atomic E-state index is 0.0371. The molecule has 0 bridgehead atoms. The van der Waals surface area contributed by atoms with E-state index in [0.717, 1.165) is 34.2 Å². The number of hydrogen-bond donors (Lipinski definition) is 1. The number of amides is 1. The summed E-state index contributed by atoms with van der Waals surface area (Å²) >= 11 is 0. The van der Waals surface area contributed by atoms with E-state index in [1.165, 1.54) is 5.56 Å². The highest BCUT2D eigenvalue weighted by Gasteiger charge is 2.34. The van der Waals surface area contributed by atoms with Crippen molar-refractivity contribution in [3.63, 3.8) is 0 Å². The van der Waals surface area contributed by atoms with Gasteiger partial charge in [-0.15, -0.1) is 0 Å². The van der Waals surface area contributed by atoms with Gasteiger partial charge in [-0.3, -0.25) is 4.79 Å². The van der Waals surface area contributed by atoms with Crippen molar-refractivity contribution in [2.75, 3.05) is 18.5 Å². The average molecular weight is 423 g/mol. The lowest BCUT2D eigenvalue weighted by Crippen LogP contribution is -2.43. The molecule has 5 rings (SSSR count). The van der Waals surface area contributed by atoms with E-state index in [4.69, 9.17) is 4.74 Å². The summed E-state index contributed by atoms with van der Waals surface area (Å²) in [6.45, 7) is 3.18. The van der Waals surface area contributed by atoms with Crippen molar-refractivity contribution in [2.24, 2.45) is 0 Å². The number of para-hydroxylation sites is 1. The number of rotatable bonds is 6. The standard InChI is InChI=1S/C28H26N2O2/c1-2-30-27(29-24-15-9-8-14-23(24)28(30)31)26-22-13-7-6-12-21(22)16-17-25(26)32-19-18-20-10-4-3-5-11-20/h3-17,27,29H,2,18-19H2,1H3. The molecule has 1 unspecified atom stereocenters. The Morgan fingerprint density at radius 3 is 2.47 bits per heavy atom. The largest absolute Gasteiger partial charge is 0.493 e. The van der Waals surface area contributed by atoms with Crippen molar-refractivity contribution in [3.05, 3.63) is 108 Å². The Morgan fingerprint density at radius 1 is 0.875 bits per heavy atom. The van der Waals surface area contributed by atoms with E-state index < -0.39 is 0 Å². The first-order valence-electron chi connectivity index (χ1n) is 11.1. The zero-order chi connectivity index (χ0) is 21.9. The molecule has 1 heterocycles. The fourth-order valence-corrected chi connectivity index (χ4v) is 4.45. The maximum Gasteiger partial charge on any atom is 0.257 e. The van der Waals surface area contributed by atoms with E-state index in [1.807, 2.05) is 72.5 Å². The molecule has 0 aliphatic carbocycles. The summed E-state index contributed by atoms with van der Waals surface area (Å²) < 4.78 is 6.34. The lowest BCUT2D eigenvalue weighted by atomic mass is 9.97. The highest BCUT2D eigenvalue weighted by atomic mass is 16.5. The third-order valence-corrected chi connectivity index (χ3v) is 6.06. The molecular formula is C28H26N2O2. The number of benzene rings is 4. The number of nitrogens with one attached hydrogen (secondary N) is 1. The highest BCUT2D eigenvalue weighted by Crippen LogP contribution is 2.40. The van der Waals surface area contributed by atoms with E-state index in [1.54, 1.807) is 0 Å². The zero-order valence-corrected chi connectivity index (χ0v) is 18.1. The van der Waals surface area contributed by atoms with Crippen molar-refractivity contribution in [2.45, 2.75) is 19.5 Å². The molecule has 32 heavy (non-hydrogen) atoms. The number of fused-ring (bicyclic) bond motifs is 2. The molecule has 0 aromatic heterocycles. The van der Waals surface area contributed by atoms with Crippen LogP contribution in [0.2, 0.25) is 0 Å². The Labute approximate surface area is 188 Å². The number of anilines is 1. The summed E-state index contributed by atoms with van der Waals surface area (Å²) in [4.78, 5) is 15.2. The van der Waals surface area contributed by atoms with E-state index in [9.17, 15) is 4.79 Å². The van der Waals surface area contributed by atoms with Gasteiger partial charge < -0.3 is 15.0 Å². The second-order valence-electron chi connectivity index (χ2n) is 7.97. The van der Waals surface area contributed by atoms with Crippen molar-refractivity contribution < 1.29 is 9.53 Å². The first-order chi connectivity index (χ1) is 15.8. The van der Waals surface area contributed by atoms with Gasteiger partial charge in [0.1, 0.15) is 11.9 Å². The summed E-state index contributed by atoms with van der Waals surface area (Å²) in [5, 5.41) is 5.83. The quantitative estimate of drug-likeness (QED) is 0.411. The smallest absolute Gasteiger partial charge is 0.257 e. The predicted octanol–water partition coefficient (Wildman–Crippen LogP) is 6.05. The summed E-state index contributed by atoms with van der Waals surface area (Å²) in [5.74, 6) is 0.845. The Kier molecular flexibility index (Phi) is 5.51. The van der Waals surface area contributed by atoms with Crippen molar-refractivity contribution >= 4 is 22.4 Å². The van der Waals surface area contributed by atoms with Crippen LogP contribution in [0.1, 0.15) is 34.6 Å². The monoisotopic (exact) mass is 422 g/mol. The Hall–Kier alpha value is -3.79. The molecule has 1 atom stereocenters. The maximum absolute atomic E-state index is 13.3. The molecule has 0 radical (unpaired) electrons. The van der Waals surface area contributed by atoms with Crippen LogP contribution < -0.4 is 10.1 Å². The second-order valence-corrected chi connectivity index (χ2v) is 7.97. The van der Waals surface area contributed by atoms with Crippen LogP contribution >= 0.6 is 0 Å². The van der Waals surface area contributed by atoms with E-state index in [2.05, 4.69) is 35.6 Å². The fraction of sp³-hybridized carbons (Fsp3) is 0.179. The number of hydrogen-bond acceptors (Lipinski definition) is 3. The summed E-state index contributed by atoms with van der Waals surface area (Å²) in [7, 11) is 0. The van der Waals surface area contributed by atoms with Crippen molar-refractivity contribution in [1.82, 2.24) is 4.90 Å². The summed E-state index contributed by atoms with van der Waals surface area (Å²) in [6.07, 6.45) is 0.519. The third kappa shape index (κ3) is 3.69. The minimum Gasteiger partial charge on any atom is -0.493 e. The molecule has 4 nitrogen and oxygen atoms in total. The van der Waals surface area contributed by atoms with E-state index in [0.29, 0.717) is 18.7 Å². The number of nitrogens with zero attached hydrogens (tertiary/aromatic N) is 1. The molecular weight excluding hydrogens is 396 g/mol. The van der Waals surface area contributed by atoms with Crippen LogP contribution in [-0.2, 0) is 6.42 Å². The molecule has 4 aromatic rings. The zero-order valence-electron chi connectivity index (χ0n) is 18.1. The molecule has 0 spiro atoms. The molecule has 1 N–H and O–H groups in total. The molecule has 1 amide bonds. The number of carbonyl (C=O) groups excluding carboxylic acids is 1. The normalized spacial score (nSPS) is 15.3. The van der Waals surface area contributed by atoms with Gasteiger partial charge in [0, 0.05) is 24.2 Å². The van der Waals surface area contributed by atoms with Gasteiger partial charge in [-0.05, 0) is 41.5 Å². The maximum atomic E-state index is 13.3. The van der Waals surface area contributed by atoms with Crippen LogP contribution in [0.5, 0.6) is 5.75 Å². The van der Waals surface area contributed by atoms with E-state index in [-0.39, 0.29) is 12.1 Å². The topological polar surface area (TPSA) is 41.6 Å².